The molecule has 0 heterocycles. The van der Waals surface area contributed by atoms with Gasteiger partial charge in [0.25, 0.3) is 0 Å². The van der Waals surface area contributed by atoms with E-state index in [1.807, 2.05) is 18.2 Å². The zero-order valence-electron chi connectivity index (χ0n) is 13.2. The summed E-state index contributed by atoms with van der Waals surface area (Å²) in [4.78, 5) is 0. The van der Waals surface area contributed by atoms with Crippen molar-refractivity contribution in [2.45, 2.75) is 26.2 Å². The number of hydrogen-bond acceptors (Lipinski definition) is 3. The van der Waals surface area contributed by atoms with Gasteiger partial charge in [0, 0.05) is 30.4 Å². The summed E-state index contributed by atoms with van der Waals surface area (Å²) in [6.07, 6.45) is 5.83. The van der Waals surface area contributed by atoms with Gasteiger partial charge in [0.1, 0.15) is 11.5 Å². The number of allylic oxidation sites excluding steroid dienone is 2. The van der Waals surface area contributed by atoms with E-state index in [0.29, 0.717) is 5.92 Å². The number of rotatable bonds is 6. The van der Waals surface area contributed by atoms with E-state index in [9.17, 15) is 0 Å². The lowest BCUT2D eigenvalue weighted by molar-refractivity contribution is 0.394. The van der Waals surface area contributed by atoms with Crippen molar-refractivity contribution in [2.24, 2.45) is 5.92 Å². The van der Waals surface area contributed by atoms with Crippen LogP contribution < -0.4 is 14.8 Å². The lowest BCUT2D eigenvalue weighted by Crippen LogP contribution is -2.12. The van der Waals surface area contributed by atoms with Crippen LogP contribution in [-0.4, -0.2) is 20.8 Å². The number of benzene rings is 1. The second kappa shape index (κ2) is 7.21. The van der Waals surface area contributed by atoms with Crippen molar-refractivity contribution >= 4 is 5.69 Å². The monoisotopic (exact) mass is 287 g/mol. The Hall–Kier alpha value is -1.90. The van der Waals surface area contributed by atoms with Crippen molar-refractivity contribution in [3.63, 3.8) is 0 Å². The highest BCUT2D eigenvalue weighted by Crippen LogP contribution is 2.29. The van der Waals surface area contributed by atoms with Crippen molar-refractivity contribution in [1.82, 2.24) is 0 Å². The first-order valence-electron chi connectivity index (χ1n) is 7.42. The molecule has 21 heavy (non-hydrogen) atoms. The Morgan fingerprint density at radius 2 is 1.90 bits per heavy atom. The standard InChI is InChI=1S/C18H25NO2/c1-13(2)15-7-5-14(6-8-15)12-19-16-9-17(20-3)11-18(10-16)21-4/h5,9-11,15,19H,1,6-8,12H2,2-4H3/t15-/m0/s1. The van der Waals surface area contributed by atoms with Crippen LogP contribution in [0.3, 0.4) is 0 Å². The highest BCUT2D eigenvalue weighted by atomic mass is 16.5. The van der Waals surface area contributed by atoms with E-state index in [-0.39, 0.29) is 0 Å². The Balaban J connectivity index is 1.96. The van der Waals surface area contributed by atoms with Gasteiger partial charge in [-0.05, 0) is 32.1 Å². The molecule has 1 atom stereocenters. The maximum atomic E-state index is 5.29. The molecule has 1 aliphatic rings. The van der Waals surface area contributed by atoms with Gasteiger partial charge in [-0.25, -0.2) is 0 Å². The number of ether oxygens (including phenoxy) is 2. The van der Waals surface area contributed by atoms with Gasteiger partial charge in [-0.3, -0.25) is 0 Å². The van der Waals surface area contributed by atoms with Gasteiger partial charge in [0.2, 0.25) is 0 Å². The third kappa shape index (κ3) is 4.28. The Labute approximate surface area is 127 Å². The molecule has 0 aromatic heterocycles. The molecule has 0 saturated heterocycles. The molecule has 0 unspecified atom stereocenters. The fourth-order valence-corrected chi connectivity index (χ4v) is 2.62. The van der Waals surface area contributed by atoms with E-state index in [1.165, 1.54) is 17.6 Å². The average Bonchev–Trinajstić information content (AvgIpc) is 2.52. The van der Waals surface area contributed by atoms with E-state index in [0.717, 1.165) is 36.6 Å². The van der Waals surface area contributed by atoms with E-state index >= 15 is 0 Å². The van der Waals surface area contributed by atoms with Crippen LogP contribution in [0.2, 0.25) is 0 Å². The average molecular weight is 287 g/mol. The highest BCUT2D eigenvalue weighted by molar-refractivity contribution is 5.54. The van der Waals surface area contributed by atoms with E-state index in [2.05, 4.69) is 24.9 Å². The maximum absolute atomic E-state index is 5.29. The van der Waals surface area contributed by atoms with Gasteiger partial charge in [-0.1, -0.05) is 23.8 Å². The summed E-state index contributed by atoms with van der Waals surface area (Å²) in [5.41, 5.74) is 3.79. The van der Waals surface area contributed by atoms with E-state index in [1.54, 1.807) is 14.2 Å². The molecule has 0 amide bonds. The minimum absolute atomic E-state index is 0.658. The van der Waals surface area contributed by atoms with Crippen molar-refractivity contribution in [1.29, 1.82) is 0 Å². The smallest absolute Gasteiger partial charge is 0.124 e. The van der Waals surface area contributed by atoms with Gasteiger partial charge >= 0.3 is 0 Å². The van der Waals surface area contributed by atoms with Crippen molar-refractivity contribution in [3.05, 3.63) is 42.0 Å². The highest BCUT2D eigenvalue weighted by Gasteiger charge is 2.14. The molecule has 3 nitrogen and oxygen atoms in total. The Kier molecular flexibility index (Phi) is 5.32. The first-order chi connectivity index (χ1) is 10.1. The van der Waals surface area contributed by atoms with Crippen LogP contribution in [0.25, 0.3) is 0 Å². The third-order valence-corrected chi connectivity index (χ3v) is 4.07. The van der Waals surface area contributed by atoms with Gasteiger partial charge in [0.15, 0.2) is 0 Å². The minimum Gasteiger partial charge on any atom is -0.497 e. The Bertz CT molecular complexity index is 512. The minimum atomic E-state index is 0.658. The molecule has 114 valence electrons. The van der Waals surface area contributed by atoms with Gasteiger partial charge in [-0.2, -0.15) is 0 Å². The van der Waals surface area contributed by atoms with Crippen molar-refractivity contribution < 1.29 is 9.47 Å². The fraction of sp³-hybridized carbons (Fsp3) is 0.444. The first-order valence-corrected chi connectivity index (χ1v) is 7.42. The normalized spacial score (nSPS) is 17.9. The molecule has 2 rings (SSSR count). The quantitative estimate of drug-likeness (QED) is 0.786. The molecule has 0 spiro atoms. The molecular formula is C18H25NO2. The molecule has 1 N–H and O–H groups in total. The van der Waals surface area contributed by atoms with Crippen LogP contribution in [0.5, 0.6) is 11.5 Å². The zero-order chi connectivity index (χ0) is 15.2. The second-order valence-electron chi connectivity index (χ2n) is 5.63. The summed E-state index contributed by atoms with van der Waals surface area (Å²) in [5, 5.41) is 3.46. The van der Waals surface area contributed by atoms with Crippen molar-refractivity contribution in [2.75, 3.05) is 26.1 Å². The molecule has 1 aromatic carbocycles. The van der Waals surface area contributed by atoms with Crippen LogP contribution >= 0.6 is 0 Å². The molecular weight excluding hydrogens is 262 g/mol. The first kappa shape index (κ1) is 15.5. The third-order valence-electron chi connectivity index (χ3n) is 4.07. The van der Waals surface area contributed by atoms with Crippen molar-refractivity contribution in [3.8, 4) is 11.5 Å². The van der Waals surface area contributed by atoms with E-state index < -0.39 is 0 Å². The lowest BCUT2D eigenvalue weighted by atomic mass is 9.85. The van der Waals surface area contributed by atoms with Crippen LogP contribution in [0.15, 0.2) is 42.0 Å². The number of hydrogen-bond donors (Lipinski definition) is 1. The molecule has 0 aliphatic heterocycles. The van der Waals surface area contributed by atoms with Crippen LogP contribution in [0.1, 0.15) is 26.2 Å². The fourth-order valence-electron chi connectivity index (χ4n) is 2.62. The summed E-state index contributed by atoms with van der Waals surface area (Å²) in [6, 6.07) is 5.85. The number of nitrogens with one attached hydrogen (secondary N) is 1. The van der Waals surface area contributed by atoms with Crippen LogP contribution in [-0.2, 0) is 0 Å². The SMILES string of the molecule is C=C(C)[C@H]1CC=C(CNc2cc(OC)cc(OC)c2)CC1. The zero-order valence-corrected chi connectivity index (χ0v) is 13.2. The molecule has 0 fully saturated rings. The lowest BCUT2D eigenvalue weighted by Gasteiger charge is -2.22. The molecule has 0 bridgehead atoms. The number of methoxy groups -OCH3 is 2. The maximum Gasteiger partial charge on any atom is 0.124 e. The summed E-state index contributed by atoms with van der Waals surface area (Å²) in [7, 11) is 3.33. The van der Waals surface area contributed by atoms with Gasteiger partial charge in [-0.15, -0.1) is 0 Å². The largest absolute Gasteiger partial charge is 0.497 e. The molecule has 0 radical (unpaired) electrons. The Morgan fingerprint density at radius 3 is 2.38 bits per heavy atom. The summed E-state index contributed by atoms with van der Waals surface area (Å²) < 4.78 is 10.6. The molecule has 3 heteroatoms. The Morgan fingerprint density at radius 1 is 1.24 bits per heavy atom. The molecule has 1 aliphatic carbocycles. The van der Waals surface area contributed by atoms with Gasteiger partial charge < -0.3 is 14.8 Å². The second-order valence-corrected chi connectivity index (χ2v) is 5.63. The van der Waals surface area contributed by atoms with Gasteiger partial charge in [0.05, 0.1) is 14.2 Å². The van der Waals surface area contributed by atoms with Crippen LogP contribution in [0.4, 0.5) is 5.69 Å². The molecule has 1 aromatic rings. The van der Waals surface area contributed by atoms with Crippen LogP contribution in [0, 0.1) is 5.92 Å². The summed E-state index contributed by atoms with van der Waals surface area (Å²) in [5.74, 6) is 2.26. The van der Waals surface area contributed by atoms with E-state index in [4.69, 9.17) is 9.47 Å². The predicted molar refractivity (Wildman–Crippen MR) is 88.3 cm³/mol. The summed E-state index contributed by atoms with van der Waals surface area (Å²) >= 11 is 0. The number of anilines is 1. The predicted octanol–water partition coefficient (Wildman–Crippen LogP) is 4.42. The summed E-state index contributed by atoms with van der Waals surface area (Å²) in [6.45, 7) is 7.07. The molecule has 0 saturated carbocycles. The topological polar surface area (TPSA) is 30.5 Å².